The van der Waals surface area contributed by atoms with Crippen LogP contribution in [-0.4, -0.2) is 28.6 Å². The van der Waals surface area contributed by atoms with Crippen LogP contribution >= 0.6 is 0 Å². The normalized spacial score (nSPS) is 13.1. The second-order valence-electron chi connectivity index (χ2n) is 5.54. The molecule has 0 amide bonds. The molecule has 0 aliphatic heterocycles. The fourth-order valence-electron chi connectivity index (χ4n) is 1.98. The minimum Gasteiger partial charge on any atom is -0.338 e. The molecule has 4 heteroatoms. The number of rotatable bonds is 6. The van der Waals surface area contributed by atoms with Crippen molar-refractivity contribution in [3.05, 3.63) is 47.6 Å². The average Bonchev–Trinajstić information content (AvgIpc) is 2.95. The molecule has 0 saturated carbocycles. The number of hydrogen-bond acceptors (Lipinski definition) is 4. The van der Waals surface area contributed by atoms with E-state index in [1.807, 2.05) is 6.07 Å². The fraction of sp³-hybridized carbons (Fsp3) is 0.500. The van der Waals surface area contributed by atoms with E-state index in [1.54, 1.807) is 0 Å². The highest BCUT2D eigenvalue weighted by molar-refractivity contribution is 5.14. The van der Waals surface area contributed by atoms with Crippen LogP contribution in [0.15, 0.2) is 34.9 Å². The van der Waals surface area contributed by atoms with Gasteiger partial charge < -0.3 is 4.52 Å². The van der Waals surface area contributed by atoms with Gasteiger partial charge in [0.2, 0.25) is 5.89 Å². The molecule has 0 fully saturated rings. The largest absolute Gasteiger partial charge is 0.338 e. The van der Waals surface area contributed by atoms with Crippen molar-refractivity contribution < 1.29 is 4.52 Å². The van der Waals surface area contributed by atoms with Crippen molar-refractivity contribution in [1.82, 2.24) is 15.0 Å². The van der Waals surface area contributed by atoms with E-state index >= 15 is 0 Å². The molecule has 108 valence electrons. The van der Waals surface area contributed by atoms with E-state index in [0.717, 1.165) is 18.8 Å². The van der Waals surface area contributed by atoms with E-state index < -0.39 is 0 Å². The summed E-state index contributed by atoms with van der Waals surface area (Å²) in [7, 11) is 2.09. The Morgan fingerprint density at radius 2 is 1.85 bits per heavy atom. The van der Waals surface area contributed by atoms with Crippen molar-refractivity contribution in [2.45, 2.75) is 39.2 Å². The molecule has 20 heavy (non-hydrogen) atoms. The lowest BCUT2D eigenvalue weighted by Gasteiger charge is -2.21. The summed E-state index contributed by atoms with van der Waals surface area (Å²) >= 11 is 0. The van der Waals surface area contributed by atoms with E-state index in [9.17, 15) is 0 Å². The Bertz CT molecular complexity index is 522. The zero-order chi connectivity index (χ0) is 14.5. The van der Waals surface area contributed by atoms with Crippen LogP contribution in [0.2, 0.25) is 0 Å². The quantitative estimate of drug-likeness (QED) is 0.808. The van der Waals surface area contributed by atoms with Gasteiger partial charge in [0.05, 0.1) is 6.04 Å². The van der Waals surface area contributed by atoms with Crippen LogP contribution in [-0.2, 0) is 6.42 Å². The van der Waals surface area contributed by atoms with E-state index in [4.69, 9.17) is 4.52 Å². The number of likely N-dealkylation sites (N-methyl/N-ethyl adjacent to an activating group) is 1. The van der Waals surface area contributed by atoms with Crippen LogP contribution in [0.4, 0.5) is 0 Å². The Morgan fingerprint density at radius 3 is 2.45 bits per heavy atom. The third kappa shape index (κ3) is 3.67. The van der Waals surface area contributed by atoms with Crippen LogP contribution in [0.3, 0.4) is 0 Å². The van der Waals surface area contributed by atoms with Crippen molar-refractivity contribution in [3.8, 4) is 0 Å². The van der Waals surface area contributed by atoms with Gasteiger partial charge in [0.25, 0.3) is 0 Å². The van der Waals surface area contributed by atoms with Gasteiger partial charge in [0.15, 0.2) is 5.82 Å². The predicted molar refractivity (Wildman–Crippen MR) is 79.6 cm³/mol. The molecule has 1 heterocycles. The SMILES string of the molecule is CC(C)c1noc([C@@H](C)N(C)CCc2ccccc2)n1. The molecule has 0 saturated heterocycles. The monoisotopic (exact) mass is 273 g/mol. The van der Waals surface area contributed by atoms with Crippen LogP contribution in [0.5, 0.6) is 0 Å². The zero-order valence-corrected chi connectivity index (χ0v) is 12.7. The van der Waals surface area contributed by atoms with Gasteiger partial charge in [0.1, 0.15) is 0 Å². The van der Waals surface area contributed by atoms with Crippen molar-refractivity contribution in [2.75, 3.05) is 13.6 Å². The molecule has 0 bridgehead atoms. The Kier molecular flexibility index (Phi) is 4.90. The number of nitrogens with zero attached hydrogens (tertiary/aromatic N) is 3. The molecular weight excluding hydrogens is 250 g/mol. The van der Waals surface area contributed by atoms with Crippen LogP contribution < -0.4 is 0 Å². The van der Waals surface area contributed by atoms with Gasteiger partial charge in [-0.3, -0.25) is 4.90 Å². The minimum absolute atomic E-state index is 0.138. The second-order valence-corrected chi connectivity index (χ2v) is 5.54. The highest BCUT2D eigenvalue weighted by Gasteiger charge is 2.19. The molecule has 1 aromatic heterocycles. The molecule has 4 nitrogen and oxygen atoms in total. The van der Waals surface area contributed by atoms with Crippen molar-refractivity contribution in [2.24, 2.45) is 0 Å². The lowest BCUT2D eigenvalue weighted by molar-refractivity contribution is 0.211. The average molecular weight is 273 g/mol. The third-order valence-electron chi connectivity index (χ3n) is 3.59. The Hall–Kier alpha value is -1.68. The predicted octanol–water partition coefficient (Wildman–Crippen LogP) is 3.43. The smallest absolute Gasteiger partial charge is 0.243 e. The summed E-state index contributed by atoms with van der Waals surface area (Å²) in [4.78, 5) is 6.71. The molecule has 0 spiro atoms. The topological polar surface area (TPSA) is 42.2 Å². The number of hydrogen-bond donors (Lipinski definition) is 0. The van der Waals surface area contributed by atoms with Crippen LogP contribution in [0.1, 0.15) is 50.0 Å². The van der Waals surface area contributed by atoms with Gasteiger partial charge in [-0.2, -0.15) is 4.98 Å². The van der Waals surface area contributed by atoms with Gasteiger partial charge in [-0.05, 0) is 26.0 Å². The third-order valence-corrected chi connectivity index (χ3v) is 3.59. The molecule has 2 aromatic rings. The van der Waals surface area contributed by atoms with Gasteiger partial charge in [0, 0.05) is 12.5 Å². The Balaban J connectivity index is 1.92. The summed E-state index contributed by atoms with van der Waals surface area (Å²) in [6.07, 6.45) is 1.02. The molecule has 1 aromatic carbocycles. The van der Waals surface area contributed by atoms with Gasteiger partial charge in [-0.25, -0.2) is 0 Å². The van der Waals surface area contributed by atoms with E-state index in [2.05, 4.69) is 67.1 Å². The molecule has 0 radical (unpaired) electrons. The summed E-state index contributed by atoms with van der Waals surface area (Å²) in [5.41, 5.74) is 1.35. The first-order valence-electron chi connectivity index (χ1n) is 7.15. The fourth-order valence-corrected chi connectivity index (χ4v) is 1.98. The second kappa shape index (κ2) is 6.66. The summed E-state index contributed by atoms with van der Waals surface area (Å²) in [6.45, 7) is 7.20. The van der Waals surface area contributed by atoms with Crippen molar-refractivity contribution >= 4 is 0 Å². The highest BCUT2D eigenvalue weighted by Crippen LogP contribution is 2.19. The Labute approximate surface area is 120 Å². The molecule has 0 unspecified atom stereocenters. The highest BCUT2D eigenvalue weighted by atomic mass is 16.5. The number of benzene rings is 1. The van der Waals surface area contributed by atoms with Crippen molar-refractivity contribution in [3.63, 3.8) is 0 Å². The summed E-state index contributed by atoms with van der Waals surface area (Å²) in [6, 6.07) is 10.6. The van der Waals surface area contributed by atoms with Crippen molar-refractivity contribution in [1.29, 1.82) is 0 Å². The van der Waals surface area contributed by atoms with Gasteiger partial charge in [-0.15, -0.1) is 0 Å². The minimum atomic E-state index is 0.138. The first-order chi connectivity index (χ1) is 9.58. The molecular formula is C16H23N3O. The summed E-state index contributed by atoms with van der Waals surface area (Å²) < 4.78 is 5.36. The van der Waals surface area contributed by atoms with Gasteiger partial charge in [-0.1, -0.05) is 49.3 Å². The van der Waals surface area contributed by atoms with Crippen LogP contribution in [0, 0.1) is 0 Å². The standard InChI is InChI=1S/C16H23N3O/c1-12(2)15-17-16(20-18-15)13(3)19(4)11-10-14-8-6-5-7-9-14/h5-9,12-13H,10-11H2,1-4H3/t13-/m1/s1. The van der Waals surface area contributed by atoms with Gasteiger partial charge >= 0.3 is 0 Å². The lowest BCUT2D eigenvalue weighted by atomic mass is 10.1. The molecule has 1 atom stereocenters. The molecule has 0 aliphatic rings. The zero-order valence-electron chi connectivity index (χ0n) is 12.7. The Morgan fingerprint density at radius 1 is 1.15 bits per heavy atom. The lowest BCUT2D eigenvalue weighted by Crippen LogP contribution is -2.25. The van der Waals surface area contributed by atoms with Crippen LogP contribution in [0.25, 0.3) is 0 Å². The molecule has 0 N–H and O–H groups in total. The molecule has 0 aliphatic carbocycles. The molecule has 2 rings (SSSR count). The summed E-state index contributed by atoms with van der Waals surface area (Å²) in [5, 5.41) is 4.02. The maximum atomic E-state index is 5.36. The maximum Gasteiger partial charge on any atom is 0.243 e. The first-order valence-corrected chi connectivity index (χ1v) is 7.15. The van der Waals surface area contributed by atoms with E-state index in [1.165, 1.54) is 5.56 Å². The van der Waals surface area contributed by atoms with E-state index in [0.29, 0.717) is 11.8 Å². The van der Waals surface area contributed by atoms with E-state index in [-0.39, 0.29) is 6.04 Å². The summed E-state index contributed by atoms with van der Waals surface area (Å²) in [5.74, 6) is 1.78. The first kappa shape index (κ1) is 14.7. The number of aromatic nitrogens is 2. The maximum absolute atomic E-state index is 5.36.